The van der Waals surface area contributed by atoms with Gasteiger partial charge in [0, 0.05) is 30.0 Å². The van der Waals surface area contributed by atoms with Crippen molar-refractivity contribution in [3.8, 4) is 0 Å². The molecule has 0 N–H and O–H groups in total. The van der Waals surface area contributed by atoms with E-state index >= 15 is 0 Å². The Morgan fingerprint density at radius 2 is 1.94 bits per heavy atom. The van der Waals surface area contributed by atoms with Crippen LogP contribution < -0.4 is 0 Å². The number of aromatic nitrogens is 1. The van der Waals surface area contributed by atoms with Crippen molar-refractivity contribution >= 4 is 23.1 Å². The standard InChI is InChI=1S/C25H24N4OS/c1-16(17-5-3-2-4-6-17)29-13-20-10-21-19(9-18(20)11-24(29)30)12-26-25(21)28-8-7-22-23(14-28)31-15-27-22/h2-6,9-10,15-16H,7-8,11-14H2,1H3/t16-/m1/s1. The lowest BCUT2D eigenvalue weighted by Crippen LogP contribution is -2.38. The summed E-state index contributed by atoms with van der Waals surface area (Å²) >= 11 is 1.74. The van der Waals surface area contributed by atoms with Crippen molar-refractivity contribution in [1.29, 1.82) is 0 Å². The largest absolute Gasteiger partial charge is 0.351 e. The van der Waals surface area contributed by atoms with Crippen LogP contribution >= 0.6 is 11.3 Å². The smallest absolute Gasteiger partial charge is 0.227 e. The Hall–Kier alpha value is -2.99. The molecule has 0 unspecified atom stereocenters. The molecule has 3 aliphatic rings. The number of thiazole rings is 1. The summed E-state index contributed by atoms with van der Waals surface area (Å²) in [5.74, 6) is 1.31. The molecule has 0 bridgehead atoms. The summed E-state index contributed by atoms with van der Waals surface area (Å²) in [6.45, 7) is 5.34. The van der Waals surface area contributed by atoms with Crippen LogP contribution in [0.25, 0.3) is 0 Å². The van der Waals surface area contributed by atoms with Crippen LogP contribution in [0, 0.1) is 0 Å². The van der Waals surface area contributed by atoms with E-state index in [1.807, 2.05) is 28.6 Å². The van der Waals surface area contributed by atoms with Crippen molar-refractivity contribution in [2.24, 2.45) is 4.99 Å². The molecule has 156 valence electrons. The average molecular weight is 429 g/mol. The van der Waals surface area contributed by atoms with Crippen LogP contribution in [0.3, 0.4) is 0 Å². The number of benzene rings is 2. The average Bonchev–Trinajstić information content (AvgIpc) is 3.43. The number of hydrogen-bond acceptors (Lipinski definition) is 5. The Bertz CT molecular complexity index is 1200. The molecule has 2 aromatic carbocycles. The first-order valence-corrected chi connectivity index (χ1v) is 11.8. The van der Waals surface area contributed by atoms with E-state index in [0.717, 1.165) is 25.3 Å². The number of amidine groups is 1. The fourth-order valence-corrected chi connectivity index (χ4v) is 5.84. The van der Waals surface area contributed by atoms with Gasteiger partial charge in [-0.3, -0.25) is 9.79 Å². The quantitative estimate of drug-likeness (QED) is 0.617. The monoisotopic (exact) mass is 428 g/mol. The molecule has 4 heterocycles. The van der Waals surface area contributed by atoms with Crippen molar-refractivity contribution in [2.75, 3.05) is 6.54 Å². The molecule has 5 nitrogen and oxygen atoms in total. The van der Waals surface area contributed by atoms with Crippen LogP contribution in [-0.2, 0) is 37.3 Å². The van der Waals surface area contributed by atoms with Crippen molar-refractivity contribution in [3.05, 3.63) is 86.4 Å². The SMILES string of the molecule is C[C@H](c1ccccc1)N1Cc2cc3c(cc2CC1=O)CN=C3N1CCc2ncsc2C1. The second-order valence-electron chi connectivity index (χ2n) is 8.60. The molecule has 1 aromatic heterocycles. The first-order valence-electron chi connectivity index (χ1n) is 10.9. The summed E-state index contributed by atoms with van der Waals surface area (Å²) in [5.41, 5.74) is 9.29. The third-order valence-electron chi connectivity index (χ3n) is 6.80. The van der Waals surface area contributed by atoms with E-state index < -0.39 is 0 Å². The van der Waals surface area contributed by atoms with E-state index in [0.29, 0.717) is 19.5 Å². The van der Waals surface area contributed by atoms with E-state index in [9.17, 15) is 4.79 Å². The predicted octanol–water partition coefficient (Wildman–Crippen LogP) is 4.11. The summed E-state index contributed by atoms with van der Waals surface area (Å²) < 4.78 is 0. The Kier molecular flexibility index (Phi) is 4.42. The lowest BCUT2D eigenvalue weighted by atomic mass is 9.92. The summed E-state index contributed by atoms with van der Waals surface area (Å²) in [4.78, 5) is 28.1. The highest BCUT2D eigenvalue weighted by Gasteiger charge is 2.31. The Morgan fingerprint density at radius 1 is 1.06 bits per heavy atom. The Balaban J connectivity index is 1.29. The highest BCUT2D eigenvalue weighted by molar-refractivity contribution is 7.09. The maximum atomic E-state index is 13.0. The van der Waals surface area contributed by atoms with E-state index in [1.165, 1.54) is 38.4 Å². The predicted molar refractivity (Wildman–Crippen MR) is 122 cm³/mol. The zero-order valence-electron chi connectivity index (χ0n) is 17.5. The first-order chi connectivity index (χ1) is 15.2. The molecular formula is C25H24N4OS. The summed E-state index contributed by atoms with van der Waals surface area (Å²) in [6, 6.07) is 14.9. The number of nitrogens with zero attached hydrogens (tertiary/aromatic N) is 4. The zero-order valence-corrected chi connectivity index (χ0v) is 18.4. The molecule has 1 atom stereocenters. The molecular weight excluding hydrogens is 404 g/mol. The first kappa shape index (κ1) is 18.8. The number of aliphatic imine (C=N–C) groups is 1. The number of amides is 1. The van der Waals surface area contributed by atoms with Crippen LogP contribution in [0.1, 0.15) is 51.4 Å². The lowest BCUT2D eigenvalue weighted by Gasteiger charge is -2.35. The minimum absolute atomic E-state index is 0.0649. The minimum atomic E-state index is 0.0649. The van der Waals surface area contributed by atoms with Gasteiger partial charge >= 0.3 is 0 Å². The fraction of sp³-hybridized carbons (Fsp3) is 0.320. The van der Waals surface area contributed by atoms with Gasteiger partial charge in [0.1, 0.15) is 5.84 Å². The van der Waals surface area contributed by atoms with Gasteiger partial charge in [0.05, 0.1) is 36.8 Å². The van der Waals surface area contributed by atoms with Crippen LogP contribution in [0.5, 0.6) is 0 Å². The number of rotatable bonds is 2. The third-order valence-corrected chi connectivity index (χ3v) is 7.66. The molecule has 0 saturated heterocycles. The second-order valence-corrected chi connectivity index (χ2v) is 9.54. The lowest BCUT2D eigenvalue weighted by molar-refractivity contribution is -0.134. The maximum Gasteiger partial charge on any atom is 0.227 e. The van der Waals surface area contributed by atoms with Gasteiger partial charge < -0.3 is 9.80 Å². The summed E-state index contributed by atoms with van der Waals surface area (Å²) in [6.07, 6.45) is 1.46. The number of carbonyl (C=O) groups excluding carboxylic acids is 1. The molecule has 0 saturated carbocycles. The third kappa shape index (κ3) is 3.17. The number of hydrogen-bond donors (Lipinski definition) is 0. The van der Waals surface area contributed by atoms with Crippen LogP contribution in [0.15, 0.2) is 53.0 Å². The fourth-order valence-electron chi connectivity index (χ4n) is 5.01. The molecule has 1 amide bonds. The normalized spacial score (nSPS) is 18.4. The number of carbonyl (C=O) groups is 1. The highest BCUT2D eigenvalue weighted by Crippen LogP contribution is 2.33. The van der Waals surface area contributed by atoms with E-state index in [4.69, 9.17) is 4.99 Å². The Morgan fingerprint density at radius 3 is 2.81 bits per heavy atom. The van der Waals surface area contributed by atoms with Gasteiger partial charge in [0.25, 0.3) is 0 Å². The Labute approximate surface area is 186 Å². The molecule has 3 aliphatic heterocycles. The van der Waals surface area contributed by atoms with Gasteiger partial charge in [0.2, 0.25) is 5.91 Å². The molecule has 3 aromatic rings. The van der Waals surface area contributed by atoms with Crippen LogP contribution in [0.4, 0.5) is 0 Å². The van der Waals surface area contributed by atoms with Crippen molar-refractivity contribution in [3.63, 3.8) is 0 Å². The van der Waals surface area contributed by atoms with Gasteiger partial charge in [0.15, 0.2) is 0 Å². The molecule has 0 aliphatic carbocycles. The summed E-state index contributed by atoms with van der Waals surface area (Å²) in [7, 11) is 0. The van der Waals surface area contributed by atoms with Gasteiger partial charge in [-0.2, -0.15) is 0 Å². The highest BCUT2D eigenvalue weighted by atomic mass is 32.1. The minimum Gasteiger partial charge on any atom is -0.351 e. The molecule has 6 heteroatoms. The van der Waals surface area contributed by atoms with Gasteiger partial charge in [-0.25, -0.2) is 4.98 Å². The van der Waals surface area contributed by atoms with Crippen molar-refractivity contribution in [2.45, 2.75) is 45.4 Å². The van der Waals surface area contributed by atoms with Crippen LogP contribution in [-0.4, -0.2) is 33.1 Å². The topological polar surface area (TPSA) is 48.8 Å². The molecule has 31 heavy (non-hydrogen) atoms. The molecule has 0 radical (unpaired) electrons. The second kappa shape index (κ2) is 7.31. The molecule has 0 fully saturated rings. The van der Waals surface area contributed by atoms with Gasteiger partial charge in [-0.05, 0) is 35.2 Å². The number of fused-ring (bicyclic) bond motifs is 3. The van der Waals surface area contributed by atoms with Crippen molar-refractivity contribution in [1.82, 2.24) is 14.8 Å². The maximum absolute atomic E-state index is 13.0. The summed E-state index contributed by atoms with van der Waals surface area (Å²) in [5, 5.41) is 0. The van der Waals surface area contributed by atoms with Gasteiger partial charge in [-0.15, -0.1) is 11.3 Å². The van der Waals surface area contributed by atoms with E-state index in [-0.39, 0.29) is 11.9 Å². The zero-order chi connectivity index (χ0) is 20.9. The molecule has 0 spiro atoms. The van der Waals surface area contributed by atoms with E-state index in [1.54, 1.807) is 11.3 Å². The van der Waals surface area contributed by atoms with Gasteiger partial charge in [-0.1, -0.05) is 36.4 Å². The molecule has 6 rings (SSSR count). The van der Waals surface area contributed by atoms with Crippen LogP contribution in [0.2, 0.25) is 0 Å². The van der Waals surface area contributed by atoms with E-state index in [2.05, 4.69) is 41.1 Å². The van der Waals surface area contributed by atoms with Crippen molar-refractivity contribution < 1.29 is 4.79 Å².